The molecule has 0 radical (unpaired) electrons. The maximum Gasteiger partial charge on any atom is 0.242 e. The Bertz CT molecular complexity index is 1010. The molecule has 0 atom stereocenters. The van der Waals surface area contributed by atoms with Gasteiger partial charge in [0.25, 0.3) is 0 Å². The van der Waals surface area contributed by atoms with Crippen LogP contribution in [0.25, 0.3) is 11.4 Å². The molecule has 0 bridgehead atoms. The van der Waals surface area contributed by atoms with Gasteiger partial charge in [-0.25, -0.2) is 4.39 Å². The third-order valence-corrected chi connectivity index (χ3v) is 4.95. The van der Waals surface area contributed by atoms with Crippen LogP contribution in [0.2, 0.25) is 10.0 Å². The smallest absolute Gasteiger partial charge is 0.242 e. The minimum atomic E-state index is -0.455. The second kappa shape index (κ2) is 8.21. The molecule has 2 aromatic carbocycles. The molecular weight excluding hydrogens is 410 g/mol. The van der Waals surface area contributed by atoms with Crippen molar-refractivity contribution in [3.8, 4) is 11.4 Å². The monoisotopic (exact) mass is 424 g/mol. The summed E-state index contributed by atoms with van der Waals surface area (Å²) >= 11 is 17.2. The Balaban J connectivity index is 1.81. The summed E-state index contributed by atoms with van der Waals surface area (Å²) in [7, 11) is 1.58. The zero-order chi connectivity index (χ0) is 19.6. The van der Waals surface area contributed by atoms with E-state index < -0.39 is 5.82 Å². The van der Waals surface area contributed by atoms with Crippen LogP contribution in [0.4, 0.5) is 4.39 Å². The number of hydrogen-bond donors (Lipinski definition) is 1. The van der Waals surface area contributed by atoms with Gasteiger partial charge in [-0.3, -0.25) is 14.5 Å². The molecule has 0 aliphatic carbocycles. The number of hydrogen-bond acceptors (Lipinski definition) is 3. The highest BCUT2D eigenvalue weighted by atomic mass is 35.5. The van der Waals surface area contributed by atoms with E-state index in [-0.39, 0.29) is 29.6 Å². The lowest BCUT2D eigenvalue weighted by atomic mass is 10.2. The van der Waals surface area contributed by atoms with E-state index in [4.69, 9.17) is 35.4 Å². The first-order valence-corrected chi connectivity index (χ1v) is 9.11. The molecule has 0 fully saturated rings. The summed E-state index contributed by atoms with van der Waals surface area (Å²) in [6.07, 6.45) is 0. The first-order chi connectivity index (χ1) is 12.9. The number of nitrogens with zero attached hydrogens (tertiary/aromatic N) is 3. The average molecular weight is 425 g/mol. The fraction of sp³-hybridized carbons (Fsp3) is 0.167. The first-order valence-electron chi connectivity index (χ1n) is 7.95. The molecule has 140 valence electrons. The number of likely N-dealkylation sites (N-methyl/N-ethyl adjacent to an activating group) is 1. The number of aromatic nitrogens is 3. The Kier molecular flexibility index (Phi) is 5.94. The number of aromatic amines is 1. The summed E-state index contributed by atoms with van der Waals surface area (Å²) < 4.78 is 15.9. The number of H-pyrrole nitrogens is 1. The van der Waals surface area contributed by atoms with Gasteiger partial charge in [0.2, 0.25) is 5.91 Å². The third-order valence-electron chi connectivity index (χ3n) is 4.04. The Morgan fingerprint density at radius 3 is 2.63 bits per heavy atom. The average Bonchev–Trinajstić information content (AvgIpc) is 2.99. The molecule has 9 heteroatoms. The molecule has 0 unspecified atom stereocenters. The number of nitrogens with one attached hydrogen (secondary N) is 1. The number of carbonyl (C=O) groups excluding carboxylic acids is 1. The highest BCUT2D eigenvalue weighted by molar-refractivity contribution is 7.71. The summed E-state index contributed by atoms with van der Waals surface area (Å²) in [5.41, 5.74) is 1.03. The van der Waals surface area contributed by atoms with Crippen LogP contribution in [0.3, 0.4) is 0 Å². The van der Waals surface area contributed by atoms with Gasteiger partial charge >= 0.3 is 0 Å². The van der Waals surface area contributed by atoms with Crippen molar-refractivity contribution in [3.05, 3.63) is 68.7 Å². The van der Waals surface area contributed by atoms with Crippen molar-refractivity contribution in [1.29, 1.82) is 0 Å². The molecule has 27 heavy (non-hydrogen) atoms. The lowest BCUT2D eigenvalue weighted by molar-refractivity contribution is -0.131. The van der Waals surface area contributed by atoms with Crippen LogP contribution in [-0.4, -0.2) is 32.6 Å². The van der Waals surface area contributed by atoms with Gasteiger partial charge in [0.15, 0.2) is 10.6 Å². The number of halogens is 3. The van der Waals surface area contributed by atoms with Gasteiger partial charge in [-0.05, 0) is 48.6 Å². The summed E-state index contributed by atoms with van der Waals surface area (Å²) in [5.74, 6) is -0.201. The number of carbonyl (C=O) groups is 1. The molecule has 0 spiro atoms. The molecule has 3 aromatic rings. The highest BCUT2D eigenvalue weighted by Gasteiger charge is 2.17. The molecule has 0 saturated carbocycles. The van der Waals surface area contributed by atoms with Crippen molar-refractivity contribution < 1.29 is 9.18 Å². The molecule has 0 aliphatic rings. The lowest BCUT2D eigenvalue weighted by Gasteiger charge is -2.19. The van der Waals surface area contributed by atoms with E-state index in [9.17, 15) is 9.18 Å². The molecule has 5 nitrogen and oxygen atoms in total. The van der Waals surface area contributed by atoms with Crippen LogP contribution < -0.4 is 0 Å². The van der Waals surface area contributed by atoms with Crippen molar-refractivity contribution in [2.45, 2.75) is 13.1 Å². The van der Waals surface area contributed by atoms with Crippen molar-refractivity contribution >= 4 is 41.3 Å². The zero-order valence-corrected chi connectivity index (χ0v) is 16.6. The third kappa shape index (κ3) is 4.37. The topological polar surface area (TPSA) is 53.9 Å². The largest absolute Gasteiger partial charge is 0.340 e. The van der Waals surface area contributed by atoms with Crippen molar-refractivity contribution in [3.63, 3.8) is 0 Å². The Labute approximate surface area is 170 Å². The van der Waals surface area contributed by atoms with Crippen molar-refractivity contribution in [2.75, 3.05) is 7.05 Å². The fourth-order valence-electron chi connectivity index (χ4n) is 2.55. The predicted octanol–water partition coefficient (Wildman–Crippen LogP) is 4.71. The quantitative estimate of drug-likeness (QED) is 0.603. The van der Waals surface area contributed by atoms with Gasteiger partial charge in [-0.15, -0.1) is 0 Å². The van der Waals surface area contributed by atoms with E-state index in [1.54, 1.807) is 41.9 Å². The van der Waals surface area contributed by atoms with E-state index in [1.807, 2.05) is 0 Å². The maximum atomic E-state index is 14.0. The van der Waals surface area contributed by atoms with Gasteiger partial charge in [0, 0.05) is 34.8 Å². The van der Waals surface area contributed by atoms with Crippen molar-refractivity contribution in [2.24, 2.45) is 0 Å². The van der Waals surface area contributed by atoms with Gasteiger partial charge in [-0.2, -0.15) is 5.10 Å². The normalized spacial score (nSPS) is 10.8. The SMILES string of the molecule is CN(Cc1c(F)cccc1Cl)C(=O)Cn1c(-c2ccc(Cl)cc2)n[nH]c1=S. The summed E-state index contributed by atoms with van der Waals surface area (Å²) in [6, 6.07) is 11.5. The molecule has 0 saturated heterocycles. The van der Waals surface area contributed by atoms with Gasteiger partial charge < -0.3 is 4.90 Å². The van der Waals surface area contributed by atoms with Crippen LogP contribution in [0, 0.1) is 10.6 Å². The first kappa shape index (κ1) is 19.5. The van der Waals surface area contributed by atoms with Crippen molar-refractivity contribution in [1.82, 2.24) is 19.7 Å². The van der Waals surface area contributed by atoms with Gasteiger partial charge in [0.05, 0.1) is 0 Å². The fourth-order valence-corrected chi connectivity index (χ4v) is 3.09. The second-order valence-corrected chi connectivity index (χ2v) is 7.13. The van der Waals surface area contributed by atoms with Crippen LogP contribution >= 0.6 is 35.4 Å². The molecule has 1 amide bonds. The van der Waals surface area contributed by atoms with Crippen LogP contribution in [-0.2, 0) is 17.9 Å². The number of rotatable bonds is 5. The molecular formula is C18H15Cl2FN4OS. The minimum Gasteiger partial charge on any atom is -0.340 e. The molecule has 1 heterocycles. The van der Waals surface area contributed by atoms with E-state index in [0.717, 1.165) is 5.56 Å². The minimum absolute atomic E-state index is 0.0458. The van der Waals surface area contributed by atoms with Gasteiger partial charge in [0.1, 0.15) is 12.4 Å². The van der Waals surface area contributed by atoms with Crippen LogP contribution in [0.15, 0.2) is 42.5 Å². The van der Waals surface area contributed by atoms with E-state index in [1.165, 1.54) is 17.0 Å². The molecule has 1 N–H and O–H groups in total. The van der Waals surface area contributed by atoms with Crippen LogP contribution in [0.5, 0.6) is 0 Å². The summed E-state index contributed by atoms with van der Waals surface area (Å²) in [4.78, 5) is 14.1. The molecule has 0 aliphatic heterocycles. The highest BCUT2D eigenvalue weighted by Crippen LogP contribution is 2.22. The zero-order valence-electron chi connectivity index (χ0n) is 14.2. The maximum absolute atomic E-state index is 14.0. The Morgan fingerprint density at radius 1 is 1.26 bits per heavy atom. The Morgan fingerprint density at radius 2 is 1.96 bits per heavy atom. The Hall–Kier alpha value is -2.22. The predicted molar refractivity (Wildman–Crippen MR) is 106 cm³/mol. The molecule has 3 rings (SSSR count). The van der Waals surface area contributed by atoms with E-state index >= 15 is 0 Å². The standard InChI is InChI=1S/C18H15Cl2FN4OS/c1-24(9-13-14(20)3-2-4-15(13)21)16(26)10-25-17(22-23-18(25)27)11-5-7-12(19)8-6-11/h2-8H,9-10H2,1H3,(H,23,27). The number of amides is 1. The van der Waals surface area contributed by atoms with E-state index in [2.05, 4.69) is 10.2 Å². The molecule has 1 aromatic heterocycles. The van der Waals surface area contributed by atoms with Crippen LogP contribution in [0.1, 0.15) is 5.56 Å². The summed E-state index contributed by atoms with van der Waals surface area (Å²) in [6.45, 7) is 0.00164. The van der Waals surface area contributed by atoms with Gasteiger partial charge in [-0.1, -0.05) is 29.3 Å². The van der Waals surface area contributed by atoms with E-state index in [0.29, 0.717) is 15.6 Å². The second-order valence-electron chi connectivity index (χ2n) is 5.90. The lowest BCUT2D eigenvalue weighted by Crippen LogP contribution is -2.30. The number of benzene rings is 2. The summed E-state index contributed by atoms with van der Waals surface area (Å²) in [5, 5.41) is 7.75.